The van der Waals surface area contributed by atoms with E-state index in [2.05, 4.69) is 20.8 Å². The molecule has 0 saturated carbocycles. The number of sulfonamides is 1. The molecule has 0 aliphatic carbocycles. The van der Waals surface area contributed by atoms with Crippen LogP contribution >= 0.6 is 0 Å². The summed E-state index contributed by atoms with van der Waals surface area (Å²) in [6, 6.07) is -0.213. The van der Waals surface area contributed by atoms with Crippen molar-refractivity contribution in [2.24, 2.45) is 5.41 Å². The van der Waals surface area contributed by atoms with Gasteiger partial charge in [0.2, 0.25) is 10.0 Å². The number of rotatable bonds is 6. The molecule has 0 fully saturated rings. The molecule has 0 rings (SSSR count). The van der Waals surface area contributed by atoms with E-state index < -0.39 is 26.4 Å². The zero-order chi connectivity index (χ0) is 16.4. The van der Waals surface area contributed by atoms with Gasteiger partial charge in [-0.05, 0) is 39.0 Å². The lowest BCUT2D eigenvalue weighted by Gasteiger charge is -2.40. The smallest absolute Gasteiger partial charge is 0.211 e. The summed E-state index contributed by atoms with van der Waals surface area (Å²) in [4.78, 5) is 0. The highest BCUT2D eigenvalue weighted by atomic mass is 32.2. The molecule has 2 unspecified atom stereocenters. The van der Waals surface area contributed by atoms with E-state index in [1.807, 2.05) is 20.8 Å². The summed E-state index contributed by atoms with van der Waals surface area (Å²) in [5.74, 6) is 0.389. The molecular formula is C17H43NO3S2. The maximum Gasteiger partial charge on any atom is 0.211 e. The van der Waals surface area contributed by atoms with E-state index in [-0.39, 0.29) is 33.7 Å². The Morgan fingerprint density at radius 2 is 1.39 bits per heavy atom. The van der Waals surface area contributed by atoms with Gasteiger partial charge < -0.3 is 0 Å². The minimum absolute atomic E-state index is 0. The minimum Gasteiger partial charge on any atom is -0.260 e. The Bertz CT molecular complexity index is 432. The minimum atomic E-state index is -3.34. The van der Waals surface area contributed by atoms with Gasteiger partial charge in [0.15, 0.2) is 0 Å². The van der Waals surface area contributed by atoms with Crippen molar-refractivity contribution in [1.29, 1.82) is 0 Å². The van der Waals surface area contributed by atoms with E-state index in [1.54, 1.807) is 6.26 Å². The van der Waals surface area contributed by atoms with Crippen LogP contribution in [0.25, 0.3) is 0 Å². The van der Waals surface area contributed by atoms with Gasteiger partial charge in [0.1, 0.15) is 0 Å². The van der Waals surface area contributed by atoms with Crippen molar-refractivity contribution in [3.63, 3.8) is 0 Å². The van der Waals surface area contributed by atoms with E-state index in [0.29, 0.717) is 5.75 Å². The molecule has 146 valence electrons. The molecule has 0 aromatic carbocycles. The normalized spacial score (nSPS) is 15.0. The number of hydrogen-bond acceptors (Lipinski definition) is 3. The van der Waals surface area contributed by atoms with Gasteiger partial charge in [0, 0.05) is 34.4 Å². The second kappa shape index (κ2) is 10.8. The van der Waals surface area contributed by atoms with Gasteiger partial charge in [-0.2, -0.15) is 4.31 Å². The van der Waals surface area contributed by atoms with E-state index in [9.17, 15) is 12.6 Å². The van der Waals surface area contributed by atoms with Gasteiger partial charge in [-0.15, -0.1) is 0 Å². The number of nitrogens with zero attached hydrogens (tertiary/aromatic N) is 1. The van der Waals surface area contributed by atoms with E-state index in [1.165, 1.54) is 10.6 Å². The van der Waals surface area contributed by atoms with Gasteiger partial charge in [-0.25, -0.2) is 8.42 Å². The fourth-order valence-corrected chi connectivity index (χ4v) is 5.12. The zero-order valence-corrected chi connectivity index (χ0v) is 15.8. The van der Waals surface area contributed by atoms with Gasteiger partial charge >= 0.3 is 0 Å². The average molecular weight is 374 g/mol. The van der Waals surface area contributed by atoms with Crippen LogP contribution in [0.1, 0.15) is 76.7 Å². The molecule has 23 heavy (non-hydrogen) atoms. The Morgan fingerprint density at radius 1 is 1.00 bits per heavy atom. The van der Waals surface area contributed by atoms with Crippen LogP contribution in [0.3, 0.4) is 0 Å². The van der Waals surface area contributed by atoms with Crippen molar-refractivity contribution >= 4 is 20.8 Å². The first-order valence-electron chi connectivity index (χ1n) is 6.94. The van der Waals surface area contributed by atoms with Gasteiger partial charge in [0.25, 0.3) is 0 Å². The Hall–Kier alpha value is 0.0600. The van der Waals surface area contributed by atoms with Gasteiger partial charge in [-0.1, -0.05) is 43.1 Å². The lowest BCUT2D eigenvalue weighted by Crippen LogP contribution is -2.53. The predicted octanol–water partition coefficient (Wildman–Crippen LogP) is 4.53. The first-order chi connectivity index (χ1) is 8.64. The highest BCUT2D eigenvalue weighted by Crippen LogP contribution is 2.28. The quantitative estimate of drug-likeness (QED) is 0.687. The first kappa shape index (κ1) is 30.9. The molecule has 0 N–H and O–H groups in total. The van der Waals surface area contributed by atoms with Crippen molar-refractivity contribution in [3.8, 4) is 0 Å². The van der Waals surface area contributed by atoms with Crippen molar-refractivity contribution in [2.75, 3.05) is 18.3 Å². The molecule has 0 aromatic rings. The zero-order valence-electron chi connectivity index (χ0n) is 14.2. The standard InChI is InChI=1S/C14H31NO3S2.3CH4/c1-13(2,3)10-9-12(11-19(7)16)15(14(4,5)6)20(8,17)18;;;/h12H,9-11H2,1-8H3;3*1H4. The Balaban J connectivity index is -0.000000602. The van der Waals surface area contributed by atoms with E-state index in [0.717, 1.165) is 12.8 Å². The summed E-state index contributed by atoms with van der Waals surface area (Å²) in [5, 5.41) is 0. The first-order valence-corrected chi connectivity index (χ1v) is 10.5. The lowest BCUT2D eigenvalue weighted by atomic mass is 9.88. The largest absolute Gasteiger partial charge is 0.260 e. The van der Waals surface area contributed by atoms with Crippen molar-refractivity contribution in [2.45, 2.75) is 88.2 Å². The van der Waals surface area contributed by atoms with Crippen LogP contribution < -0.4 is 0 Å². The highest BCUT2D eigenvalue weighted by Gasteiger charge is 2.36. The molecule has 0 radical (unpaired) electrons. The van der Waals surface area contributed by atoms with E-state index in [4.69, 9.17) is 0 Å². The highest BCUT2D eigenvalue weighted by molar-refractivity contribution is 7.88. The van der Waals surface area contributed by atoms with Crippen molar-refractivity contribution in [1.82, 2.24) is 4.31 Å². The Labute approximate surface area is 149 Å². The molecule has 0 amide bonds. The Morgan fingerprint density at radius 3 is 1.61 bits per heavy atom. The van der Waals surface area contributed by atoms with Crippen LogP contribution in [0, 0.1) is 5.41 Å². The predicted molar refractivity (Wildman–Crippen MR) is 108 cm³/mol. The third-order valence-electron chi connectivity index (χ3n) is 3.00. The molecular weight excluding hydrogens is 330 g/mol. The molecule has 0 spiro atoms. The van der Waals surface area contributed by atoms with Gasteiger partial charge in [0.05, 0.1) is 6.26 Å². The van der Waals surface area contributed by atoms with Crippen LogP contribution in [0.15, 0.2) is 0 Å². The van der Waals surface area contributed by atoms with Crippen LogP contribution in [-0.2, 0) is 20.8 Å². The molecule has 0 aliphatic heterocycles. The summed E-state index contributed by atoms with van der Waals surface area (Å²) in [5.41, 5.74) is -0.371. The van der Waals surface area contributed by atoms with E-state index >= 15 is 0 Å². The summed E-state index contributed by atoms with van der Waals surface area (Å²) >= 11 is 0. The summed E-state index contributed by atoms with van der Waals surface area (Å²) in [7, 11) is -4.36. The second-order valence-corrected chi connectivity index (χ2v) is 11.1. The third-order valence-corrected chi connectivity index (χ3v) is 5.42. The Kier molecular flexibility index (Phi) is 14.5. The molecule has 2 atom stereocenters. The van der Waals surface area contributed by atoms with Gasteiger partial charge in [-0.3, -0.25) is 4.21 Å². The second-order valence-electron chi connectivity index (χ2n) is 7.72. The van der Waals surface area contributed by atoms with Crippen molar-refractivity contribution in [3.05, 3.63) is 0 Å². The maximum absolute atomic E-state index is 12.2. The summed E-state index contributed by atoms with van der Waals surface area (Å²) in [6.45, 7) is 12.1. The average Bonchev–Trinajstić information content (AvgIpc) is 2.06. The SMILES string of the molecule is C.C.C.CS(=O)CC(CCC(C)(C)C)N(C(C)(C)C)S(C)(=O)=O. The molecule has 0 saturated heterocycles. The third kappa shape index (κ3) is 13.1. The monoisotopic (exact) mass is 373 g/mol. The van der Waals surface area contributed by atoms with Crippen LogP contribution in [-0.4, -0.2) is 46.8 Å². The molecule has 0 aromatic heterocycles. The molecule has 6 heteroatoms. The molecule has 0 bridgehead atoms. The summed E-state index contributed by atoms with van der Waals surface area (Å²) < 4.78 is 37.5. The lowest BCUT2D eigenvalue weighted by molar-refractivity contribution is 0.181. The molecule has 0 heterocycles. The number of hydrogen-bond donors (Lipinski definition) is 0. The maximum atomic E-state index is 12.2. The van der Waals surface area contributed by atoms with Crippen LogP contribution in [0.4, 0.5) is 0 Å². The van der Waals surface area contributed by atoms with Crippen molar-refractivity contribution < 1.29 is 12.6 Å². The fraction of sp³-hybridized carbons (Fsp3) is 1.00. The topological polar surface area (TPSA) is 54.5 Å². The molecule has 4 nitrogen and oxygen atoms in total. The summed E-state index contributed by atoms with van der Waals surface area (Å²) in [6.07, 6.45) is 4.50. The van der Waals surface area contributed by atoms with Crippen LogP contribution in [0.5, 0.6) is 0 Å². The fourth-order valence-electron chi connectivity index (χ4n) is 2.45. The van der Waals surface area contributed by atoms with Crippen LogP contribution in [0.2, 0.25) is 0 Å². The molecule has 0 aliphatic rings.